The summed E-state index contributed by atoms with van der Waals surface area (Å²) in [5.74, 6) is -1.70. The molecule has 0 unspecified atom stereocenters. The van der Waals surface area contributed by atoms with E-state index in [1.165, 1.54) is 6.07 Å². The number of amides is 1. The molecular formula is C14H19F2N3O. The van der Waals surface area contributed by atoms with Gasteiger partial charge in [0.25, 0.3) is 0 Å². The average molecular weight is 283 g/mol. The van der Waals surface area contributed by atoms with Crippen LogP contribution in [-0.4, -0.2) is 43.0 Å². The first-order valence-electron chi connectivity index (χ1n) is 6.80. The van der Waals surface area contributed by atoms with Crippen molar-refractivity contribution in [3.8, 4) is 0 Å². The summed E-state index contributed by atoms with van der Waals surface area (Å²) >= 11 is 0. The number of carbonyl (C=O) groups is 1. The van der Waals surface area contributed by atoms with Gasteiger partial charge in [-0.3, -0.25) is 9.69 Å². The van der Waals surface area contributed by atoms with Crippen LogP contribution in [0.25, 0.3) is 0 Å². The van der Waals surface area contributed by atoms with E-state index in [0.717, 1.165) is 38.2 Å². The Hall–Kier alpha value is -1.53. The second-order valence-electron chi connectivity index (χ2n) is 4.95. The molecule has 0 bridgehead atoms. The van der Waals surface area contributed by atoms with Gasteiger partial charge in [-0.2, -0.15) is 0 Å². The van der Waals surface area contributed by atoms with Crippen molar-refractivity contribution in [2.24, 2.45) is 0 Å². The normalized spacial score (nSPS) is 15.2. The molecule has 1 aliphatic rings. The maximum atomic E-state index is 13.5. The van der Waals surface area contributed by atoms with Crippen molar-refractivity contribution in [1.82, 2.24) is 10.2 Å². The summed E-state index contributed by atoms with van der Waals surface area (Å²) < 4.78 is 26.2. The Labute approximate surface area is 117 Å². The zero-order valence-electron chi connectivity index (χ0n) is 11.5. The number of anilines is 1. The predicted octanol–water partition coefficient (Wildman–Crippen LogP) is 1.59. The molecule has 1 aromatic rings. The monoisotopic (exact) mass is 283 g/mol. The van der Waals surface area contributed by atoms with E-state index >= 15 is 0 Å². The highest BCUT2D eigenvalue weighted by Crippen LogP contribution is 2.15. The molecule has 0 saturated carbocycles. The van der Waals surface area contributed by atoms with Crippen molar-refractivity contribution in [2.45, 2.75) is 19.4 Å². The van der Waals surface area contributed by atoms with E-state index in [4.69, 9.17) is 0 Å². The molecule has 0 aliphatic carbocycles. The van der Waals surface area contributed by atoms with Crippen LogP contribution in [0, 0.1) is 11.6 Å². The number of benzene rings is 1. The third-order valence-corrected chi connectivity index (χ3v) is 3.34. The Morgan fingerprint density at radius 1 is 1.45 bits per heavy atom. The fraction of sp³-hybridized carbons (Fsp3) is 0.500. The third kappa shape index (κ3) is 3.74. The van der Waals surface area contributed by atoms with Crippen molar-refractivity contribution in [3.05, 3.63) is 29.8 Å². The van der Waals surface area contributed by atoms with E-state index in [0.29, 0.717) is 6.04 Å². The van der Waals surface area contributed by atoms with Crippen molar-refractivity contribution >= 4 is 11.6 Å². The highest BCUT2D eigenvalue weighted by atomic mass is 19.1. The molecule has 1 fully saturated rings. The van der Waals surface area contributed by atoms with Gasteiger partial charge in [-0.05, 0) is 25.1 Å². The summed E-state index contributed by atoms with van der Waals surface area (Å²) in [5, 5.41) is 5.65. The zero-order valence-corrected chi connectivity index (χ0v) is 11.5. The van der Waals surface area contributed by atoms with Gasteiger partial charge in [-0.15, -0.1) is 0 Å². The molecule has 4 nitrogen and oxygen atoms in total. The standard InChI is InChI=1S/C14H19F2N3O/c1-2-5-19(11-7-17-8-11)9-14(20)18-13-4-3-10(15)6-12(13)16/h3-4,6,11,17H,2,5,7-9H2,1H3,(H,18,20). The lowest BCUT2D eigenvalue weighted by Gasteiger charge is -2.37. The van der Waals surface area contributed by atoms with E-state index in [1.54, 1.807) is 0 Å². The van der Waals surface area contributed by atoms with Gasteiger partial charge in [-0.1, -0.05) is 6.92 Å². The summed E-state index contributed by atoms with van der Waals surface area (Å²) in [4.78, 5) is 14.0. The van der Waals surface area contributed by atoms with E-state index in [2.05, 4.69) is 22.5 Å². The van der Waals surface area contributed by atoms with Gasteiger partial charge in [-0.25, -0.2) is 8.78 Å². The quantitative estimate of drug-likeness (QED) is 0.833. The molecule has 1 amide bonds. The van der Waals surface area contributed by atoms with Crippen LogP contribution in [0.5, 0.6) is 0 Å². The second-order valence-corrected chi connectivity index (χ2v) is 4.95. The van der Waals surface area contributed by atoms with Crippen molar-refractivity contribution in [3.63, 3.8) is 0 Å². The molecule has 1 aromatic carbocycles. The highest BCUT2D eigenvalue weighted by molar-refractivity contribution is 5.92. The Bertz CT molecular complexity index is 477. The van der Waals surface area contributed by atoms with E-state index in [-0.39, 0.29) is 18.1 Å². The van der Waals surface area contributed by atoms with Crippen molar-refractivity contribution in [2.75, 3.05) is 31.5 Å². The van der Waals surface area contributed by atoms with Gasteiger partial charge in [0.1, 0.15) is 11.6 Å². The van der Waals surface area contributed by atoms with Gasteiger partial charge in [0.05, 0.1) is 12.2 Å². The van der Waals surface area contributed by atoms with Crippen LogP contribution < -0.4 is 10.6 Å². The Balaban J connectivity index is 1.93. The fourth-order valence-electron chi connectivity index (χ4n) is 2.17. The predicted molar refractivity (Wildman–Crippen MR) is 73.5 cm³/mol. The molecule has 0 atom stereocenters. The average Bonchev–Trinajstić information content (AvgIpc) is 2.31. The molecule has 110 valence electrons. The second kappa shape index (κ2) is 6.76. The largest absolute Gasteiger partial charge is 0.322 e. The number of hydrogen-bond donors (Lipinski definition) is 2. The van der Waals surface area contributed by atoms with Gasteiger partial charge in [0, 0.05) is 25.2 Å². The zero-order chi connectivity index (χ0) is 14.5. The molecule has 20 heavy (non-hydrogen) atoms. The van der Waals surface area contributed by atoms with Gasteiger partial charge in [0.2, 0.25) is 5.91 Å². The third-order valence-electron chi connectivity index (χ3n) is 3.34. The van der Waals surface area contributed by atoms with Crippen LogP contribution in [0.3, 0.4) is 0 Å². The van der Waals surface area contributed by atoms with Crippen LogP contribution in [0.2, 0.25) is 0 Å². The van der Waals surface area contributed by atoms with Crippen molar-refractivity contribution < 1.29 is 13.6 Å². The van der Waals surface area contributed by atoms with E-state index in [1.807, 2.05) is 0 Å². The summed E-state index contributed by atoms with van der Waals surface area (Å²) in [6.07, 6.45) is 0.953. The number of nitrogens with one attached hydrogen (secondary N) is 2. The van der Waals surface area contributed by atoms with E-state index < -0.39 is 11.6 Å². The molecule has 0 radical (unpaired) electrons. The molecule has 0 spiro atoms. The van der Waals surface area contributed by atoms with Crippen molar-refractivity contribution in [1.29, 1.82) is 0 Å². The molecule has 1 saturated heterocycles. The lowest BCUT2D eigenvalue weighted by Crippen LogP contribution is -2.58. The smallest absolute Gasteiger partial charge is 0.238 e. The molecular weight excluding hydrogens is 264 g/mol. The Morgan fingerprint density at radius 2 is 2.20 bits per heavy atom. The Morgan fingerprint density at radius 3 is 2.75 bits per heavy atom. The van der Waals surface area contributed by atoms with Gasteiger partial charge < -0.3 is 10.6 Å². The van der Waals surface area contributed by atoms with Crippen LogP contribution in [0.15, 0.2) is 18.2 Å². The summed E-state index contributed by atoms with van der Waals surface area (Å²) in [6, 6.07) is 3.48. The SMILES string of the molecule is CCCN(CC(=O)Nc1ccc(F)cc1F)C1CNC1. The maximum absolute atomic E-state index is 13.5. The minimum absolute atomic E-state index is 0.0135. The lowest BCUT2D eigenvalue weighted by molar-refractivity contribution is -0.118. The lowest BCUT2D eigenvalue weighted by atomic mass is 10.1. The first-order valence-corrected chi connectivity index (χ1v) is 6.80. The molecule has 1 aliphatic heterocycles. The van der Waals surface area contributed by atoms with Crippen LogP contribution in [0.1, 0.15) is 13.3 Å². The minimum atomic E-state index is -0.759. The highest BCUT2D eigenvalue weighted by Gasteiger charge is 2.25. The first kappa shape index (κ1) is 14.9. The molecule has 0 aromatic heterocycles. The number of rotatable bonds is 6. The van der Waals surface area contributed by atoms with Crippen LogP contribution >= 0.6 is 0 Å². The molecule has 2 rings (SSSR count). The minimum Gasteiger partial charge on any atom is -0.322 e. The summed E-state index contributed by atoms with van der Waals surface area (Å²) in [5.41, 5.74) is 0.0135. The molecule has 6 heteroatoms. The van der Waals surface area contributed by atoms with E-state index in [9.17, 15) is 13.6 Å². The molecule has 1 heterocycles. The summed E-state index contributed by atoms with van der Waals surface area (Å²) in [6.45, 7) is 4.84. The van der Waals surface area contributed by atoms with Gasteiger partial charge in [0.15, 0.2) is 0 Å². The molecule has 2 N–H and O–H groups in total. The Kier molecular flexibility index (Phi) is 5.03. The number of halogens is 2. The number of nitrogens with zero attached hydrogens (tertiary/aromatic N) is 1. The van der Waals surface area contributed by atoms with Gasteiger partial charge >= 0.3 is 0 Å². The van der Waals surface area contributed by atoms with Crippen LogP contribution in [0.4, 0.5) is 14.5 Å². The topological polar surface area (TPSA) is 44.4 Å². The first-order chi connectivity index (χ1) is 9.60. The number of hydrogen-bond acceptors (Lipinski definition) is 3. The maximum Gasteiger partial charge on any atom is 0.238 e. The fourth-order valence-corrected chi connectivity index (χ4v) is 2.17. The van der Waals surface area contributed by atoms with Crippen LogP contribution in [-0.2, 0) is 4.79 Å². The number of carbonyl (C=O) groups excluding carboxylic acids is 1. The summed E-state index contributed by atoms with van der Waals surface area (Å²) in [7, 11) is 0.